The maximum atomic E-state index is 10.2. The number of benzene rings is 1. The molecular formula is C10H14ClN3O2. The first-order valence-corrected chi connectivity index (χ1v) is 4.49. The molecule has 0 aliphatic carbocycles. The molecule has 0 fully saturated rings. The summed E-state index contributed by atoms with van der Waals surface area (Å²) in [4.78, 5) is 10.2. The predicted octanol–water partition coefficient (Wildman–Crippen LogP) is 1.28. The summed E-state index contributed by atoms with van der Waals surface area (Å²) in [6, 6.07) is 6.95. The van der Waals surface area contributed by atoms with Crippen LogP contribution in [0.15, 0.2) is 24.3 Å². The Morgan fingerprint density at radius 2 is 1.94 bits per heavy atom. The smallest absolute Gasteiger partial charge is 0.305 e. The number of halogens is 1. The Balaban J connectivity index is 0.00000225. The lowest BCUT2D eigenvalue weighted by atomic mass is 10.2. The van der Waals surface area contributed by atoms with Crippen molar-refractivity contribution in [3.63, 3.8) is 0 Å². The lowest BCUT2D eigenvalue weighted by Crippen LogP contribution is -2.11. The Labute approximate surface area is 99.6 Å². The standard InChI is InChI=1S/C10H13N3O2.ClH/c11-10(12)7-1-3-8(4-2-7)13-6-5-9(14)15;/h1-4,13H,5-6H2,(H3,11,12)(H,14,15);1H. The van der Waals surface area contributed by atoms with Gasteiger partial charge in [-0.2, -0.15) is 0 Å². The number of carbonyl (C=O) groups is 1. The van der Waals surface area contributed by atoms with Crippen LogP contribution in [0.25, 0.3) is 0 Å². The van der Waals surface area contributed by atoms with Gasteiger partial charge >= 0.3 is 5.97 Å². The third kappa shape index (κ3) is 4.65. The first-order chi connectivity index (χ1) is 7.09. The van der Waals surface area contributed by atoms with Crippen molar-refractivity contribution in [2.75, 3.05) is 11.9 Å². The van der Waals surface area contributed by atoms with Crippen LogP contribution in [0.4, 0.5) is 5.69 Å². The molecule has 5 nitrogen and oxygen atoms in total. The Hall–Kier alpha value is -1.75. The molecule has 0 aliphatic heterocycles. The quantitative estimate of drug-likeness (QED) is 0.462. The number of aliphatic carboxylic acids is 1. The molecule has 5 N–H and O–H groups in total. The molecule has 88 valence electrons. The monoisotopic (exact) mass is 243 g/mol. The molecule has 1 rings (SSSR count). The van der Waals surface area contributed by atoms with Gasteiger partial charge in [-0.25, -0.2) is 0 Å². The van der Waals surface area contributed by atoms with Crippen LogP contribution in [0.1, 0.15) is 12.0 Å². The molecule has 6 heteroatoms. The fraction of sp³-hybridized carbons (Fsp3) is 0.200. The molecule has 0 bridgehead atoms. The average molecular weight is 244 g/mol. The van der Waals surface area contributed by atoms with Crippen LogP contribution in [0.5, 0.6) is 0 Å². The summed E-state index contributed by atoms with van der Waals surface area (Å²) in [6.45, 7) is 0.384. The van der Waals surface area contributed by atoms with Crippen LogP contribution in [0.2, 0.25) is 0 Å². The van der Waals surface area contributed by atoms with Crippen molar-refractivity contribution in [1.82, 2.24) is 0 Å². The normalized spacial score (nSPS) is 9.00. The fourth-order valence-corrected chi connectivity index (χ4v) is 1.08. The third-order valence-electron chi connectivity index (χ3n) is 1.86. The summed E-state index contributed by atoms with van der Waals surface area (Å²) in [5, 5.41) is 18.6. The number of hydrogen-bond acceptors (Lipinski definition) is 3. The van der Waals surface area contributed by atoms with Crippen molar-refractivity contribution in [2.24, 2.45) is 5.73 Å². The van der Waals surface area contributed by atoms with Crippen molar-refractivity contribution in [2.45, 2.75) is 6.42 Å². The van der Waals surface area contributed by atoms with Crippen LogP contribution in [-0.2, 0) is 4.79 Å². The zero-order valence-corrected chi connectivity index (χ0v) is 9.38. The highest BCUT2D eigenvalue weighted by Gasteiger charge is 1.98. The van der Waals surface area contributed by atoms with E-state index in [4.69, 9.17) is 16.2 Å². The van der Waals surface area contributed by atoms with Gasteiger partial charge in [0.2, 0.25) is 0 Å². The summed E-state index contributed by atoms with van der Waals surface area (Å²) in [7, 11) is 0. The van der Waals surface area contributed by atoms with Gasteiger partial charge in [0.15, 0.2) is 0 Å². The third-order valence-corrected chi connectivity index (χ3v) is 1.86. The Morgan fingerprint density at radius 1 is 1.38 bits per heavy atom. The summed E-state index contributed by atoms with van der Waals surface area (Å²) >= 11 is 0. The second-order valence-corrected chi connectivity index (χ2v) is 3.06. The van der Waals surface area contributed by atoms with Crippen LogP contribution in [0.3, 0.4) is 0 Å². The molecule has 1 aromatic carbocycles. The molecule has 16 heavy (non-hydrogen) atoms. The molecule has 1 aromatic rings. The van der Waals surface area contributed by atoms with Gasteiger partial charge in [0.05, 0.1) is 6.42 Å². The Morgan fingerprint density at radius 3 is 2.38 bits per heavy atom. The average Bonchev–Trinajstić information content (AvgIpc) is 2.18. The van der Waals surface area contributed by atoms with Gasteiger partial charge in [0.1, 0.15) is 5.84 Å². The number of rotatable bonds is 5. The molecule has 0 spiro atoms. The number of hydrogen-bond donors (Lipinski definition) is 4. The zero-order chi connectivity index (χ0) is 11.3. The number of amidine groups is 1. The predicted molar refractivity (Wildman–Crippen MR) is 65.4 cm³/mol. The summed E-state index contributed by atoms with van der Waals surface area (Å²) in [5.74, 6) is -0.810. The second-order valence-electron chi connectivity index (χ2n) is 3.06. The highest BCUT2D eigenvalue weighted by atomic mass is 35.5. The van der Waals surface area contributed by atoms with E-state index in [0.29, 0.717) is 12.1 Å². The summed E-state index contributed by atoms with van der Waals surface area (Å²) < 4.78 is 0. The van der Waals surface area contributed by atoms with Gasteiger partial charge in [-0.05, 0) is 24.3 Å². The molecule has 0 radical (unpaired) electrons. The summed E-state index contributed by atoms with van der Waals surface area (Å²) in [6.07, 6.45) is 0.0778. The molecular weight excluding hydrogens is 230 g/mol. The van der Waals surface area contributed by atoms with Crippen molar-refractivity contribution < 1.29 is 9.90 Å². The molecule has 0 saturated heterocycles. The zero-order valence-electron chi connectivity index (χ0n) is 8.56. The van der Waals surface area contributed by atoms with Gasteiger partial charge < -0.3 is 16.2 Å². The van der Waals surface area contributed by atoms with Gasteiger partial charge in [0.25, 0.3) is 0 Å². The number of nitrogen functional groups attached to an aromatic ring is 1. The lowest BCUT2D eigenvalue weighted by molar-refractivity contribution is -0.136. The number of nitrogens with one attached hydrogen (secondary N) is 2. The van der Waals surface area contributed by atoms with E-state index < -0.39 is 5.97 Å². The first-order valence-electron chi connectivity index (χ1n) is 4.49. The highest BCUT2D eigenvalue weighted by molar-refractivity contribution is 5.95. The number of nitrogens with two attached hydrogens (primary N) is 1. The molecule has 0 amide bonds. The number of carboxylic acid groups (broad SMARTS) is 1. The van der Waals surface area contributed by atoms with Crippen molar-refractivity contribution in [3.8, 4) is 0 Å². The lowest BCUT2D eigenvalue weighted by Gasteiger charge is -2.05. The largest absolute Gasteiger partial charge is 0.481 e. The SMILES string of the molecule is Cl.N=C(N)c1ccc(NCCC(=O)O)cc1. The van der Waals surface area contributed by atoms with E-state index in [1.165, 1.54) is 0 Å². The molecule has 0 heterocycles. The summed E-state index contributed by atoms with van der Waals surface area (Å²) in [5.41, 5.74) is 6.76. The highest BCUT2D eigenvalue weighted by Crippen LogP contribution is 2.08. The minimum Gasteiger partial charge on any atom is -0.481 e. The molecule has 0 aromatic heterocycles. The van der Waals surface area contributed by atoms with E-state index in [2.05, 4.69) is 5.32 Å². The van der Waals surface area contributed by atoms with Gasteiger partial charge in [-0.3, -0.25) is 10.2 Å². The Bertz CT molecular complexity index is 365. The second kappa shape index (κ2) is 6.68. The molecule has 0 aliphatic rings. The minimum absolute atomic E-state index is 0. The van der Waals surface area contributed by atoms with E-state index in [1.807, 2.05) is 0 Å². The maximum Gasteiger partial charge on any atom is 0.305 e. The van der Waals surface area contributed by atoms with Gasteiger partial charge in [-0.1, -0.05) is 0 Å². The molecule has 0 unspecified atom stereocenters. The van der Waals surface area contributed by atoms with E-state index in [1.54, 1.807) is 24.3 Å². The molecule has 0 atom stereocenters. The van der Waals surface area contributed by atoms with E-state index >= 15 is 0 Å². The first kappa shape index (κ1) is 14.2. The van der Waals surface area contributed by atoms with Crippen molar-refractivity contribution in [3.05, 3.63) is 29.8 Å². The number of carboxylic acids is 1. The van der Waals surface area contributed by atoms with Crippen molar-refractivity contribution >= 4 is 29.9 Å². The van der Waals surface area contributed by atoms with Crippen molar-refractivity contribution in [1.29, 1.82) is 5.41 Å². The molecule has 0 saturated carbocycles. The van der Waals surface area contributed by atoms with Gasteiger partial charge in [-0.15, -0.1) is 12.4 Å². The maximum absolute atomic E-state index is 10.2. The van der Waals surface area contributed by atoms with Crippen LogP contribution >= 0.6 is 12.4 Å². The van der Waals surface area contributed by atoms with Gasteiger partial charge in [0, 0.05) is 17.8 Å². The van der Waals surface area contributed by atoms with Crippen LogP contribution in [-0.4, -0.2) is 23.5 Å². The van der Waals surface area contributed by atoms with E-state index in [0.717, 1.165) is 5.69 Å². The van der Waals surface area contributed by atoms with E-state index in [-0.39, 0.29) is 24.7 Å². The van der Waals surface area contributed by atoms with E-state index in [9.17, 15) is 4.79 Å². The fourth-order valence-electron chi connectivity index (χ4n) is 1.08. The van der Waals surface area contributed by atoms with Crippen LogP contribution < -0.4 is 11.1 Å². The topological polar surface area (TPSA) is 99.2 Å². The Kier molecular flexibility index (Phi) is 5.95. The number of anilines is 1. The van der Waals surface area contributed by atoms with Crippen LogP contribution in [0, 0.1) is 5.41 Å². The minimum atomic E-state index is -0.831.